The third-order valence-electron chi connectivity index (χ3n) is 6.02. The molecule has 0 saturated heterocycles. The molecule has 0 aliphatic heterocycles. The zero-order chi connectivity index (χ0) is 13.1. The van der Waals surface area contributed by atoms with E-state index in [4.69, 9.17) is 0 Å². The SMILES string of the molecule is CCCC1CCC(NC2CCCC(C3CC3)C2)CC1. The molecule has 0 radical (unpaired) electrons. The molecule has 3 aliphatic rings. The molecule has 110 valence electrons. The molecule has 0 spiro atoms. The second kappa shape index (κ2) is 6.61. The molecule has 0 heterocycles. The van der Waals surface area contributed by atoms with Crippen LogP contribution in [0.4, 0.5) is 0 Å². The third kappa shape index (κ3) is 3.97. The van der Waals surface area contributed by atoms with Crippen LogP contribution in [0.15, 0.2) is 0 Å². The van der Waals surface area contributed by atoms with E-state index in [1.165, 1.54) is 64.2 Å². The van der Waals surface area contributed by atoms with Crippen LogP contribution in [-0.2, 0) is 0 Å². The van der Waals surface area contributed by atoms with Gasteiger partial charge in [0.05, 0.1) is 0 Å². The summed E-state index contributed by atoms with van der Waals surface area (Å²) < 4.78 is 0. The van der Waals surface area contributed by atoms with Gasteiger partial charge in [0.25, 0.3) is 0 Å². The van der Waals surface area contributed by atoms with Crippen LogP contribution in [0, 0.1) is 17.8 Å². The standard InChI is InChI=1S/C18H33N/c1-2-4-14-7-11-17(12-8-14)19-18-6-3-5-16(13-18)15-9-10-15/h14-19H,2-13H2,1H3. The molecule has 0 bridgehead atoms. The fourth-order valence-electron chi connectivity index (χ4n) is 4.73. The summed E-state index contributed by atoms with van der Waals surface area (Å²) in [5, 5.41) is 4.03. The lowest BCUT2D eigenvalue weighted by Gasteiger charge is -2.36. The Labute approximate surface area is 119 Å². The highest BCUT2D eigenvalue weighted by atomic mass is 15.0. The minimum atomic E-state index is 0.857. The maximum atomic E-state index is 4.03. The van der Waals surface area contributed by atoms with E-state index in [1.54, 1.807) is 12.8 Å². The van der Waals surface area contributed by atoms with Crippen molar-refractivity contribution in [1.82, 2.24) is 5.32 Å². The maximum Gasteiger partial charge on any atom is 0.00723 e. The molecule has 19 heavy (non-hydrogen) atoms. The molecular weight excluding hydrogens is 230 g/mol. The monoisotopic (exact) mass is 263 g/mol. The average molecular weight is 263 g/mol. The zero-order valence-corrected chi connectivity index (χ0v) is 12.9. The summed E-state index contributed by atoms with van der Waals surface area (Å²) in [6, 6.07) is 1.73. The van der Waals surface area contributed by atoms with Gasteiger partial charge in [0.2, 0.25) is 0 Å². The van der Waals surface area contributed by atoms with E-state index in [-0.39, 0.29) is 0 Å². The van der Waals surface area contributed by atoms with Crippen molar-refractivity contribution >= 4 is 0 Å². The molecule has 1 N–H and O–H groups in total. The first-order valence-corrected chi connectivity index (χ1v) is 9.11. The molecule has 0 aromatic heterocycles. The van der Waals surface area contributed by atoms with E-state index < -0.39 is 0 Å². The fraction of sp³-hybridized carbons (Fsp3) is 1.00. The van der Waals surface area contributed by atoms with E-state index in [0.717, 1.165) is 29.8 Å². The van der Waals surface area contributed by atoms with Crippen LogP contribution >= 0.6 is 0 Å². The van der Waals surface area contributed by atoms with Gasteiger partial charge in [0.15, 0.2) is 0 Å². The quantitative estimate of drug-likeness (QED) is 0.743. The predicted molar refractivity (Wildman–Crippen MR) is 82.3 cm³/mol. The van der Waals surface area contributed by atoms with Gasteiger partial charge in [-0.1, -0.05) is 32.6 Å². The Morgan fingerprint density at radius 2 is 1.58 bits per heavy atom. The van der Waals surface area contributed by atoms with Crippen molar-refractivity contribution in [3.8, 4) is 0 Å². The molecule has 2 unspecified atom stereocenters. The Morgan fingerprint density at radius 1 is 0.789 bits per heavy atom. The summed E-state index contributed by atoms with van der Waals surface area (Å²) in [5.74, 6) is 3.26. The summed E-state index contributed by atoms with van der Waals surface area (Å²) in [7, 11) is 0. The van der Waals surface area contributed by atoms with E-state index in [0.29, 0.717) is 0 Å². The normalized spacial score (nSPS) is 40.3. The van der Waals surface area contributed by atoms with Crippen molar-refractivity contribution in [2.75, 3.05) is 0 Å². The van der Waals surface area contributed by atoms with Gasteiger partial charge in [0, 0.05) is 12.1 Å². The van der Waals surface area contributed by atoms with Gasteiger partial charge in [-0.2, -0.15) is 0 Å². The Hall–Kier alpha value is -0.0400. The number of rotatable bonds is 5. The van der Waals surface area contributed by atoms with Gasteiger partial charge < -0.3 is 5.32 Å². The van der Waals surface area contributed by atoms with Gasteiger partial charge in [0.1, 0.15) is 0 Å². The van der Waals surface area contributed by atoms with Crippen LogP contribution in [0.2, 0.25) is 0 Å². The fourth-order valence-corrected chi connectivity index (χ4v) is 4.73. The molecule has 2 atom stereocenters. The smallest absolute Gasteiger partial charge is 0.00723 e. The van der Waals surface area contributed by atoms with Crippen LogP contribution in [0.1, 0.15) is 84.0 Å². The molecule has 3 saturated carbocycles. The number of hydrogen-bond donors (Lipinski definition) is 1. The Balaban J connectivity index is 1.39. The van der Waals surface area contributed by atoms with Crippen LogP contribution < -0.4 is 5.32 Å². The highest BCUT2D eigenvalue weighted by molar-refractivity contribution is 4.89. The molecule has 0 aromatic carbocycles. The van der Waals surface area contributed by atoms with Crippen LogP contribution in [0.5, 0.6) is 0 Å². The number of nitrogens with one attached hydrogen (secondary N) is 1. The van der Waals surface area contributed by atoms with Crippen molar-refractivity contribution in [3.63, 3.8) is 0 Å². The van der Waals surface area contributed by atoms with E-state index >= 15 is 0 Å². The molecule has 0 amide bonds. The summed E-state index contributed by atoms with van der Waals surface area (Å²) in [6.07, 6.45) is 17.8. The molecule has 3 rings (SSSR count). The van der Waals surface area contributed by atoms with Crippen LogP contribution in [-0.4, -0.2) is 12.1 Å². The topological polar surface area (TPSA) is 12.0 Å². The second-order valence-electron chi connectivity index (χ2n) is 7.63. The van der Waals surface area contributed by atoms with Crippen molar-refractivity contribution in [1.29, 1.82) is 0 Å². The molecule has 3 fully saturated rings. The highest BCUT2D eigenvalue weighted by Gasteiger charge is 2.35. The van der Waals surface area contributed by atoms with Gasteiger partial charge in [-0.15, -0.1) is 0 Å². The van der Waals surface area contributed by atoms with Gasteiger partial charge in [-0.3, -0.25) is 0 Å². The van der Waals surface area contributed by atoms with Crippen LogP contribution in [0.3, 0.4) is 0 Å². The lowest BCUT2D eigenvalue weighted by molar-refractivity contribution is 0.210. The maximum absolute atomic E-state index is 4.03. The number of hydrogen-bond acceptors (Lipinski definition) is 1. The minimum absolute atomic E-state index is 0.857. The van der Waals surface area contributed by atoms with Gasteiger partial charge in [-0.05, 0) is 69.1 Å². The highest BCUT2D eigenvalue weighted by Crippen LogP contribution is 2.44. The Kier molecular flexibility index (Phi) is 4.84. The van der Waals surface area contributed by atoms with E-state index in [2.05, 4.69) is 12.2 Å². The van der Waals surface area contributed by atoms with Gasteiger partial charge >= 0.3 is 0 Å². The first-order chi connectivity index (χ1) is 9.35. The summed E-state index contributed by atoms with van der Waals surface area (Å²) in [6.45, 7) is 2.34. The minimum Gasteiger partial charge on any atom is -0.311 e. The molecule has 1 nitrogen and oxygen atoms in total. The first kappa shape index (κ1) is 13.9. The summed E-state index contributed by atoms with van der Waals surface area (Å²) >= 11 is 0. The summed E-state index contributed by atoms with van der Waals surface area (Å²) in [4.78, 5) is 0. The molecule has 3 aliphatic carbocycles. The molecular formula is C18H33N. The zero-order valence-electron chi connectivity index (χ0n) is 12.9. The van der Waals surface area contributed by atoms with E-state index in [1.807, 2.05) is 0 Å². The first-order valence-electron chi connectivity index (χ1n) is 9.11. The lowest BCUT2D eigenvalue weighted by Crippen LogP contribution is -2.43. The average Bonchev–Trinajstić information content (AvgIpc) is 3.26. The molecule has 1 heteroatoms. The largest absolute Gasteiger partial charge is 0.311 e. The van der Waals surface area contributed by atoms with E-state index in [9.17, 15) is 0 Å². The Bertz CT molecular complexity index is 263. The summed E-state index contributed by atoms with van der Waals surface area (Å²) in [5.41, 5.74) is 0. The Morgan fingerprint density at radius 3 is 2.26 bits per heavy atom. The van der Waals surface area contributed by atoms with Crippen molar-refractivity contribution in [3.05, 3.63) is 0 Å². The third-order valence-corrected chi connectivity index (χ3v) is 6.02. The van der Waals surface area contributed by atoms with Crippen molar-refractivity contribution < 1.29 is 0 Å². The van der Waals surface area contributed by atoms with Crippen molar-refractivity contribution in [2.24, 2.45) is 17.8 Å². The van der Waals surface area contributed by atoms with Gasteiger partial charge in [-0.25, -0.2) is 0 Å². The lowest BCUT2D eigenvalue weighted by atomic mass is 9.80. The second-order valence-corrected chi connectivity index (χ2v) is 7.63. The van der Waals surface area contributed by atoms with Crippen LogP contribution in [0.25, 0.3) is 0 Å². The van der Waals surface area contributed by atoms with Crippen molar-refractivity contribution in [2.45, 2.75) is 96.1 Å². The molecule has 0 aromatic rings. The predicted octanol–water partition coefficient (Wildman–Crippen LogP) is 4.90.